The maximum Gasteiger partial charge on any atom is 0.325 e. The highest BCUT2D eigenvalue weighted by Gasteiger charge is 2.39. The number of aryl methyl sites for hydroxylation is 1. The third kappa shape index (κ3) is 1.80. The summed E-state index contributed by atoms with van der Waals surface area (Å²) in [4.78, 5) is 14.3. The van der Waals surface area contributed by atoms with Gasteiger partial charge in [0.25, 0.3) is 0 Å². The Morgan fingerprint density at radius 3 is 2.50 bits per heavy atom. The highest BCUT2D eigenvalue weighted by Crippen LogP contribution is 2.44. The van der Waals surface area contributed by atoms with E-state index in [1.54, 1.807) is 10.8 Å². The fourth-order valence-electron chi connectivity index (χ4n) is 2.85. The molecule has 1 fully saturated rings. The Hall–Kier alpha value is -1.77. The summed E-state index contributed by atoms with van der Waals surface area (Å²) < 4.78 is 1.79. The Morgan fingerprint density at radius 2 is 2.00 bits per heavy atom. The Labute approximate surface area is 106 Å². The average Bonchev–Trinajstić information content (AvgIpc) is 2.71. The molecule has 1 aromatic carbocycles. The topological polar surface area (TPSA) is 37.8 Å². The highest BCUT2D eigenvalue weighted by molar-refractivity contribution is 5.30. The monoisotopic (exact) mass is 242 g/mol. The third-order valence-corrected chi connectivity index (χ3v) is 4.17. The largest absolute Gasteiger partial charge is 0.325 e. The number of aromatic nitrogens is 2. The molecule has 3 nitrogen and oxygen atoms in total. The molecule has 1 aliphatic rings. The van der Waals surface area contributed by atoms with Crippen LogP contribution in [0.25, 0.3) is 0 Å². The predicted molar refractivity (Wildman–Crippen MR) is 71.8 cm³/mol. The first kappa shape index (κ1) is 11.3. The molecular weight excluding hydrogens is 224 g/mol. The SMILES string of the molecule is Cc1ccc(C2(Cn3cc[nH]c3=O)CCC2)cc1. The number of nitrogens with zero attached hydrogens (tertiary/aromatic N) is 1. The molecule has 0 aliphatic heterocycles. The molecule has 1 N–H and O–H groups in total. The fraction of sp³-hybridized carbons (Fsp3) is 0.400. The van der Waals surface area contributed by atoms with E-state index in [9.17, 15) is 4.79 Å². The molecule has 0 amide bonds. The van der Waals surface area contributed by atoms with E-state index < -0.39 is 0 Å². The number of imidazole rings is 1. The molecule has 1 heterocycles. The Morgan fingerprint density at radius 1 is 1.28 bits per heavy atom. The number of rotatable bonds is 3. The Balaban J connectivity index is 1.93. The zero-order chi connectivity index (χ0) is 12.6. The van der Waals surface area contributed by atoms with Gasteiger partial charge in [0.15, 0.2) is 0 Å². The molecule has 94 valence electrons. The van der Waals surface area contributed by atoms with E-state index in [2.05, 4.69) is 36.2 Å². The molecule has 1 aliphatic carbocycles. The van der Waals surface area contributed by atoms with Crippen LogP contribution in [0.2, 0.25) is 0 Å². The molecule has 18 heavy (non-hydrogen) atoms. The van der Waals surface area contributed by atoms with Crippen LogP contribution in [0.4, 0.5) is 0 Å². The quantitative estimate of drug-likeness (QED) is 0.882. The van der Waals surface area contributed by atoms with Crippen molar-refractivity contribution >= 4 is 0 Å². The third-order valence-electron chi connectivity index (χ3n) is 4.17. The lowest BCUT2D eigenvalue weighted by molar-refractivity contribution is 0.207. The van der Waals surface area contributed by atoms with E-state index in [1.807, 2.05) is 6.20 Å². The molecule has 0 atom stereocenters. The summed E-state index contributed by atoms with van der Waals surface area (Å²) in [7, 11) is 0. The van der Waals surface area contributed by atoms with Crippen molar-refractivity contribution in [2.45, 2.75) is 38.1 Å². The lowest BCUT2D eigenvalue weighted by atomic mass is 9.64. The van der Waals surface area contributed by atoms with Crippen LogP contribution in [0.1, 0.15) is 30.4 Å². The van der Waals surface area contributed by atoms with Crippen LogP contribution in [-0.2, 0) is 12.0 Å². The molecule has 1 aromatic heterocycles. The summed E-state index contributed by atoms with van der Waals surface area (Å²) in [6.07, 6.45) is 7.16. The van der Waals surface area contributed by atoms with Crippen LogP contribution in [0.5, 0.6) is 0 Å². The van der Waals surface area contributed by atoms with Crippen LogP contribution >= 0.6 is 0 Å². The van der Waals surface area contributed by atoms with E-state index in [4.69, 9.17) is 0 Å². The fourth-order valence-corrected chi connectivity index (χ4v) is 2.85. The van der Waals surface area contributed by atoms with Gasteiger partial charge in [0, 0.05) is 24.4 Å². The number of aromatic amines is 1. The summed E-state index contributed by atoms with van der Waals surface area (Å²) >= 11 is 0. The minimum Gasteiger partial charge on any atom is -0.313 e. The summed E-state index contributed by atoms with van der Waals surface area (Å²) in [6, 6.07) is 8.75. The van der Waals surface area contributed by atoms with Gasteiger partial charge in [-0.25, -0.2) is 4.79 Å². The Kier molecular flexibility index (Phi) is 2.62. The zero-order valence-corrected chi connectivity index (χ0v) is 10.6. The van der Waals surface area contributed by atoms with Crippen LogP contribution < -0.4 is 5.69 Å². The van der Waals surface area contributed by atoms with Gasteiger partial charge in [-0.3, -0.25) is 4.57 Å². The van der Waals surface area contributed by atoms with Crippen molar-refractivity contribution in [1.29, 1.82) is 0 Å². The number of H-pyrrole nitrogens is 1. The van der Waals surface area contributed by atoms with Crippen LogP contribution in [0, 0.1) is 6.92 Å². The molecule has 1 saturated carbocycles. The number of benzene rings is 1. The highest BCUT2D eigenvalue weighted by atomic mass is 16.1. The first-order valence-corrected chi connectivity index (χ1v) is 6.51. The maximum absolute atomic E-state index is 11.6. The number of hydrogen-bond acceptors (Lipinski definition) is 1. The smallest absolute Gasteiger partial charge is 0.313 e. The van der Waals surface area contributed by atoms with Gasteiger partial charge in [-0.05, 0) is 25.3 Å². The molecule has 0 saturated heterocycles. The standard InChI is InChI=1S/C15H18N2O/c1-12-3-5-13(6-4-12)15(7-2-8-15)11-17-10-9-16-14(17)18/h3-6,9-10H,2,7-8,11H2,1H3,(H,16,18). The van der Waals surface area contributed by atoms with E-state index >= 15 is 0 Å². The molecule has 0 spiro atoms. The van der Waals surface area contributed by atoms with Crippen LogP contribution in [-0.4, -0.2) is 9.55 Å². The summed E-state index contributed by atoms with van der Waals surface area (Å²) in [6.45, 7) is 2.90. The second kappa shape index (κ2) is 4.16. The summed E-state index contributed by atoms with van der Waals surface area (Å²) in [5.41, 5.74) is 2.81. The van der Waals surface area contributed by atoms with Crippen molar-refractivity contribution in [1.82, 2.24) is 9.55 Å². The zero-order valence-electron chi connectivity index (χ0n) is 10.6. The van der Waals surface area contributed by atoms with E-state index in [1.165, 1.54) is 30.4 Å². The molecule has 0 bridgehead atoms. The van der Waals surface area contributed by atoms with Gasteiger partial charge < -0.3 is 4.98 Å². The van der Waals surface area contributed by atoms with Gasteiger partial charge in [-0.1, -0.05) is 36.2 Å². The second-order valence-corrected chi connectivity index (χ2v) is 5.39. The van der Waals surface area contributed by atoms with Crippen molar-refractivity contribution in [2.24, 2.45) is 0 Å². The molecule has 0 radical (unpaired) electrons. The van der Waals surface area contributed by atoms with Gasteiger partial charge in [0.1, 0.15) is 0 Å². The van der Waals surface area contributed by atoms with Crippen molar-refractivity contribution in [3.8, 4) is 0 Å². The second-order valence-electron chi connectivity index (χ2n) is 5.39. The van der Waals surface area contributed by atoms with Gasteiger partial charge in [0.05, 0.1) is 0 Å². The first-order valence-electron chi connectivity index (χ1n) is 6.51. The van der Waals surface area contributed by atoms with Crippen LogP contribution in [0.15, 0.2) is 41.5 Å². The normalized spacial score (nSPS) is 17.4. The van der Waals surface area contributed by atoms with E-state index in [0.29, 0.717) is 0 Å². The average molecular weight is 242 g/mol. The minimum absolute atomic E-state index is 0.00612. The number of nitrogens with one attached hydrogen (secondary N) is 1. The summed E-state index contributed by atoms with van der Waals surface area (Å²) in [5.74, 6) is 0. The van der Waals surface area contributed by atoms with Gasteiger partial charge in [-0.2, -0.15) is 0 Å². The molecule has 3 rings (SSSR count). The van der Waals surface area contributed by atoms with Crippen LogP contribution in [0.3, 0.4) is 0 Å². The number of hydrogen-bond donors (Lipinski definition) is 1. The van der Waals surface area contributed by atoms with E-state index in [0.717, 1.165) is 6.54 Å². The van der Waals surface area contributed by atoms with Gasteiger partial charge in [-0.15, -0.1) is 0 Å². The predicted octanol–water partition coefficient (Wildman–Crippen LogP) is 2.61. The molecule has 2 aromatic rings. The molecule has 0 unspecified atom stereocenters. The van der Waals surface area contributed by atoms with E-state index in [-0.39, 0.29) is 11.1 Å². The maximum atomic E-state index is 11.6. The van der Waals surface area contributed by atoms with Gasteiger partial charge in [0.2, 0.25) is 0 Å². The Bertz CT molecular complexity index is 587. The first-order chi connectivity index (χ1) is 8.70. The minimum atomic E-state index is -0.00612. The van der Waals surface area contributed by atoms with Crippen molar-refractivity contribution in [3.63, 3.8) is 0 Å². The van der Waals surface area contributed by atoms with Gasteiger partial charge >= 0.3 is 5.69 Å². The van der Waals surface area contributed by atoms with Crippen molar-refractivity contribution in [2.75, 3.05) is 0 Å². The van der Waals surface area contributed by atoms with Crippen molar-refractivity contribution in [3.05, 3.63) is 58.3 Å². The molecular formula is C15H18N2O. The molecule has 3 heteroatoms. The van der Waals surface area contributed by atoms with Crippen molar-refractivity contribution < 1.29 is 0 Å². The lowest BCUT2D eigenvalue weighted by Crippen LogP contribution is -2.40. The summed E-state index contributed by atoms with van der Waals surface area (Å²) in [5, 5.41) is 0. The lowest BCUT2D eigenvalue weighted by Gasteiger charge is -2.42.